The number of rotatable bonds is 3. The van der Waals surface area contributed by atoms with Gasteiger partial charge >= 0.3 is 0 Å². The van der Waals surface area contributed by atoms with E-state index in [1.807, 2.05) is 0 Å². The lowest BCUT2D eigenvalue weighted by Gasteiger charge is -2.33. The number of piperidine rings is 1. The number of anilines is 1. The van der Waals surface area contributed by atoms with E-state index in [-0.39, 0.29) is 0 Å². The van der Waals surface area contributed by atoms with Crippen LogP contribution in [-0.4, -0.2) is 33.4 Å². The average Bonchev–Trinajstić information content (AvgIpc) is 3.28. The molecule has 0 radical (unpaired) electrons. The van der Waals surface area contributed by atoms with Crippen LogP contribution in [0.5, 0.6) is 0 Å². The van der Waals surface area contributed by atoms with Crippen LogP contribution in [0.1, 0.15) is 37.4 Å². The van der Waals surface area contributed by atoms with Crippen LogP contribution in [0, 0.1) is 0 Å². The number of hydrogen-bond donors (Lipinski definition) is 1. The van der Waals surface area contributed by atoms with E-state index in [0.29, 0.717) is 6.04 Å². The number of nitrogens with zero attached hydrogens (tertiary/aromatic N) is 3. The average molecular weight is 346 g/mol. The molecule has 4 heteroatoms. The molecule has 1 atom stereocenters. The van der Waals surface area contributed by atoms with Crippen LogP contribution in [0.4, 0.5) is 5.69 Å². The van der Waals surface area contributed by atoms with Crippen LogP contribution in [0.3, 0.4) is 0 Å². The zero-order valence-electron chi connectivity index (χ0n) is 15.4. The molecule has 4 nitrogen and oxygen atoms in total. The van der Waals surface area contributed by atoms with Gasteiger partial charge in [-0.1, -0.05) is 18.6 Å². The fraction of sp³-hybridized carbons (Fsp3) is 0.409. The third-order valence-electron chi connectivity index (χ3n) is 6.01. The Labute approximate surface area is 154 Å². The van der Waals surface area contributed by atoms with Gasteiger partial charge in [0.2, 0.25) is 0 Å². The van der Waals surface area contributed by atoms with Crippen molar-refractivity contribution in [2.24, 2.45) is 0 Å². The van der Waals surface area contributed by atoms with Gasteiger partial charge in [0, 0.05) is 36.6 Å². The van der Waals surface area contributed by atoms with Crippen molar-refractivity contribution in [3.8, 4) is 11.3 Å². The van der Waals surface area contributed by atoms with Crippen molar-refractivity contribution in [3.63, 3.8) is 0 Å². The van der Waals surface area contributed by atoms with Crippen LogP contribution in [0.15, 0.2) is 42.6 Å². The standard InChI is InChI=1S/C22H26N4/c1-16-6-2-4-12-25(16)15-20-22(24-21-7-3-5-13-26(20)21)18-8-9-19-17(14-18)10-11-23-19/h3,5,7-9,13-14,16,23H,2,4,6,10-12,15H2,1H3. The first-order valence-corrected chi connectivity index (χ1v) is 9.87. The van der Waals surface area contributed by atoms with Crippen molar-refractivity contribution in [3.05, 3.63) is 53.9 Å². The van der Waals surface area contributed by atoms with E-state index >= 15 is 0 Å². The molecule has 0 spiro atoms. The van der Waals surface area contributed by atoms with Crippen molar-refractivity contribution in [1.29, 1.82) is 0 Å². The number of imidazole rings is 1. The van der Waals surface area contributed by atoms with Crippen LogP contribution in [0.2, 0.25) is 0 Å². The minimum absolute atomic E-state index is 0.648. The van der Waals surface area contributed by atoms with Gasteiger partial charge in [-0.15, -0.1) is 0 Å². The molecule has 1 unspecified atom stereocenters. The predicted octanol–water partition coefficient (Wildman–Crippen LogP) is 4.34. The summed E-state index contributed by atoms with van der Waals surface area (Å²) in [7, 11) is 0. The summed E-state index contributed by atoms with van der Waals surface area (Å²) in [5.74, 6) is 0. The molecule has 134 valence electrons. The fourth-order valence-corrected chi connectivity index (χ4v) is 4.47. The highest BCUT2D eigenvalue weighted by atomic mass is 15.2. The summed E-state index contributed by atoms with van der Waals surface area (Å²) in [4.78, 5) is 7.64. The van der Waals surface area contributed by atoms with Crippen molar-refractivity contribution >= 4 is 11.3 Å². The first-order chi connectivity index (χ1) is 12.8. The topological polar surface area (TPSA) is 32.6 Å². The van der Waals surface area contributed by atoms with Crippen molar-refractivity contribution in [2.45, 2.75) is 45.2 Å². The lowest BCUT2D eigenvalue weighted by molar-refractivity contribution is 0.151. The molecule has 1 aromatic carbocycles. The minimum Gasteiger partial charge on any atom is -0.384 e. The van der Waals surface area contributed by atoms with E-state index in [1.165, 1.54) is 48.3 Å². The second-order valence-electron chi connectivity index (χ2n) is 7.70. The quantitative estimate of drug-likeness (QED) is 0.765. The smallest absolute Gasteiger partial charge is 0.137 e. The summed E-state index contributed by atoms with van der Waals surface area (Å²) in [6.45, 7) is 5.57. The van der Waals surface area contributed by atoms with Gasteiger partial charge in [-0.25, -0.2) is 4.98 Å². The van der Waals surface area contributed by atoms with Gasteiger partial charge in [-0.05, 0) is 62.6 Å². The van der Waals surface area contributed by atoms with E-state index in [9.17, 15) is 0 Å². The van der Waals surface area contributed by atoms with Crippen molar-refractivity contribution in [2.75, 3.05) is 18.4 Å². The van der Waals surface area contributed by atoms with E-state index in [0.717, 1.165) is 30.9 Å². The van der Waals surface area contributed by atoms with E-state index < -0.39 is 0 Å². The van der Waals surface area contributed by atoms with E-state index in [4.69, 9.17) is 4.98 Å². The SMILES string of the molecule is CC1CCCCN1Cc1c(-c2ccc3c(c2)CCN3)nc2ccccn12. The van der Waals surface area contributed by atoms with Gasteiger partial charge in [0.1, 0.15) is 5.65 Å². The third kappa shape index (κ3) is 2.69. The summed E-state index contributed by atoms with van der Waals surface area (Å²) < 4.78 is 2.28. The number of benzene rings is 1. The fourth-order valence-electron chi connectivity index (χ4n) is 4.47. The third-order valence-corrected chi connectivity index (χ3v) is 6.01. The Balaban J connectivity index is 1.60. The highest BCUT2D eigenvalue weighted by molar-refractivity contribution is 5.71. The molecule has 0 aliphatic carbocycles. The number of hydrogen-bond acceptors (Lipinski definition) is 3. The largest absolute Gasteiger partial charge is 0.384 e. The summed E-state index contributed by atoms with van der Waals surface area (Å²) in [5.41, 5.74) is 7.45. The molecule has 2 aromatic heterocycles. The molecule has 0 bridgehead atoms. The first kappa shape index (κ1) is 15.9. The molecule has 5 rings (SSSR count). The highest BCUT2D eigenvalue weighted by Crippen LogP contribution is 2.32. The summed E-state index contributed by atoms with van der Waals surface area (Å²) >= 11 is 0. The number of aromatic nitrogens is 2. The maximum atomic E-state index is 5.01. The van der Waals surface area contributed by atoms with Crippen molar-refractivity contribution in [1.82, 2.24) is 14.3 Å². The second-order valence-corrected chi connectivity index (χ2v) is 7.70. The van der Waals surface area contributed by atoms with Gasteiger partial charge in [-0.3, -0.25) is 4.90 Å². The van der Waals surface area contributed by atoms with Crippen LogP contribution >= 0.6 is 0 Å². The van der Waals surface area contributed by atoms with Gasteiger partial charge < -0.3 is 9.72 Å². The molecular formula is C22H26N4. The molecule has 1 fully saturated rings. The van der Waals surface area contributed by atoms with Gasteiger partial charge in [0.15, 0.2) is 0 Å². The van der Waals surface area contributed by atoms with Crippen LogP contribution in [0.25, 0.3) is 16.9 Å². The zero-order valence-corrected chi connectivity index (χ0v) is 15.4. The maximum Gasteiger partial charge on any atom is 0.137 e. The molecule has 3 aromatic rings. The molecule has 2 aliphatic rings. The zero-order chi connectivity index (χ0) is 17.5. The van der Waals surface area contributed by atoms with Gasteiger partial charge in [0.05, 0.1) is 11.4 Å². The number of likely N-dealkylation sites (tertiary alicyclic amines) is 1. The Hall–Kier alpha value is -2.33. The maximum absolute atomic E-state index is 5.01. The van der Waals surface area contributed by atoms with Crippen molar-refractivity contribution < 1.29 is 0 Å². The molecular weight excluding hydrogens is 320 g/mol. The van der Waals surface area contributed by atoms with Gasteiger partial charge in [0.25, 0.3) is 0 Å². The molecule has 1 N–H and O–H groups in total. The second kappa shape index (κ2) is 6.44. The molecule has 0 amide bonds. The first-order valence-electron chi connectivity index (χ1n) is 9.87. The lowest BCUT2D eigenvalue weighted by Crippen LogP contribution is -2.37. The molecule has 2 aliphatic heterocycles. The van der Waals surface area contributed by atoms with Gasteiger partial charge in [-0.2, -0.15) is 0 Å². The summed E-state index contributed by atoms with van der Waals surface area (Å²) in [5, 5.41) is 3.46. The highest BCUT2D eigenvalue weighted by Gasteiger charge is 2.23. The predicted molar refractivity (Wildman–Crippen MR) is 107 cm³/mol. The Bertz CT molecular complexity index is 942. The van der Waals surface area contributed by atoms with Crippen LogP contribution in [-0.2, 0) is 13.0 Å². The Morgan fingerprint density at radius 1 is 1.19 bits per heavy atom. The lowest BCUT2D eigenvalue weighted by atomic mass is 10.0. The van der Waals surface area contributed by atoms with Crippen LogP contribution < -0.4 is 5.32 Å². The number of fused-ring (bicyclic) bond motifs is 2. The molecule has 1 saturated heterocycles. The van der Waals surface area contributed by atoms with E-state index in [2.05, 4.69) is 64.1 Å². The number of pyridine rings is 1. The van der Waals surface area contributed by atoms with E-state index in [1.54, 1.807) is 0 Å². The monoisotopic (exact) mass is 346 g/mol. The molecule has 0 saturated carbocycles. The minimum atomic E-state index is 0.648. The Morgan fingerprint density at radius 3 is 3.08 bits per heavy atom. The molecule has 4 heterocycles. The summed E-state index contributed by atoms with van der Waals surface area (Å²) in [6.07, 6.45) is 7.23. The number of nitrogens with one attached hydrogen (secondary N) is 1. The molecule has 26 heavy (non-hydrogen) atoms. The Kier molecular flexibility index (Phi) is 3.93. The Morgan fingerprint density at radius 2 is 2.15 bits per heavy atom. The summed E-state index contributed by atoms with van der Waals surface area (Å²) in [6, 6.07) is 13.7. The normalized spacial score (nSPS) is 20.3.